The molecule has 0 saturated carbocycles. The summed E-state index contributed by atoms with van der Waals surface area (Å²) in [4.78, 5) is 4.20. The zero-order chi connectivity index (χ0) is 10.6. The predicted molar refractivity (Wildman–Crippen MR) is 60.7 cm³/mol. The van der Waals surface area contributed by atoms with Crippen molar-refractivity contribution in [2.45, 2.75) is 6.92 Å². The van der Waals surface area contributed by atoms with Crippen molar-refractivity contribution in [2.75, 3.05) is 12.3 Å². The van der Waals surface area contributed by atoms with E-state index < -0.39 is 0 Å². The van der Waals surface area contributed by atoms with Gasteiger partial charge in [-0.15, -0.1) is 0 Å². The topological polar surface area (TPSA) is 52.8 Å². The summed E-state index contributed by atoms with van der Waals surface area (Å²) in [5.74, 6) is 0.773. The quantitative estimate of drug-likeness (QED) is 0.528. The highest BCUT2D eigenvalue weighted by Crippen LogP contribution is 2.22. The van der Waals surface area contributed by atoms with E-state index in [0.717, 1.165) is 5.71 Å². The first-order chi connectivity index (χ1) is 6.65. The van der Waals surface area contributed by atoms with Crippen LogP contribution in [0.1, 0.15) is 12.5 Å². The fourth-order valence-electron chi connectivity index (χ4n) is 1.13. The van der Waals surface area contributed by atoms with Crippen LogP contribution in [0.5, 0.6) is 11.5 Å². The monoisotopic (exact) mass is 211 g/mol. The van der Waals surface area contributed by atoms with Gasteiger partial charge in [0.05, 0.1) is 0 Å². The highest BCUT2D eigenvalue weighted by atomic mass is 32.1. The molecular weight excluding hydrogens is 198 g/mol. The van der Waals surface area contributed by atoms with Crippen molar-refractivity contribution in [3.05, 3.63) is 23.8 Å². The van der Waals surface area contributed by atoms with Crippen LogP contribution in [0.25, 0.3) is 0 Å². The van der Waals surface area contributed by atoms with E-state index in [1.807, 2.05) is 6.92 Å². The van der Waals surface area contributed by atoms with Crippen LogP contribution in [0.15, 0.2) is 23.2 Å². The lowest BCUT2D eigenvalue weighted by Crippen LogP contribution is -1.97. The Morgan fingerprint density at radius 1 is 1.43 bits per heavy atom. The molecule has 0 unspecified atom stereocenters. The lowest BCUT2D eigenvalue weighted by atomic mass is 10.1. The molecule has 0 saturated heterocycles. The zero-order valence-electron chi connectivity index (χ0n) is 7.94. The van der Waals surface area contributed by atoms with Crippen LogP contribution in [0.3, 0.4) is 0 Å². The molecule has 1 aromatic rings. The minimum atomic E-state index is 0.0467. The molecule has 0 aliphatic carbocycles. The number of phenolic OH excluding ortho intramolecular Hbond substituents is 2. The maximum atomic E-state index is 9.50. The van der Waals surface area contributed by atoms with E-state index in [1.54, 1.807) is 6.07 Å². The second-order valence-corrected chi connectivity index (χ2v) is 3.34. The molecule has 0 aromatic heterocycles. The number of thiol groups is 1. The summed E-state index contributed by atoms with van der Waals surface area (Å²) >= 11 is 4.04. The van der Waals surface area contributed by atoms with Gasteiger partial charge in [-0.1, -0.05) is 0 Å². The lowest BCUT2D eigenvalue weighted by Gasteiger charge is -2.04. The minimum absolute atomic E-state index is 0.0467. The summed E-state index contributed by atoms with van der Waals surface area (Å²) in [5.41, 5.74) is 1.39. The highest BCUT2D eigenvalue weighted by molar-refractivity contribution is 7.80. The summed E-state index contributed by atoms with van der Waals surface area (Å²) in [6.45, 7) is 2.44. The van der Waals surface area contributed by atoms with Gasteiger partial charge in [-0.2, -0.15) is 12.6 Å². The molecule has 0 bridgehead atoms. The van der Waals surface area contributed by atoms with Gasteiger partial charge in [0.15, 0.2) is 0 Å². The number of aliphatic imine (C=N–C) groups is 1. The number of nitrogens with zero attached hydrogens (tertiary/aromatic N) is 1. The Labute approximate surface area is 88.5 Å². The molecule has 1 rings (SSSR count). The van der Waals surface area contributed by atoms with Crippen molar-refractivity contribution in [1.29, 1.82) is 0 Å². The predicted octanol–water partition coefficient (Wildman–Crippen LogP) is 1.84. The van der Waals surface area contributed by atoms with Crippen molar-refractivity contribution in [3.63, 3.8) is 0 Å². The molecule has 0 spiro atoms. The van der Waals surface area contributed by atoms with Crippen LogP contribution in [-0.4, -0.2) is 28.2 Å². The first-order valence-corrected chi connectivity index (χ1v) is 4.92. The molecular formula is C10H13NO2S. The largest absolute Gasteiger partial charge is 0.508 e. The maximum absolute atomic E-state index is 9.50. The van der Waals surface area contributed by atoms with Gasteiger partial charge < -0.3 is 10.2 Å². The van der Waals surface area contributed by atoms with E-state index in [4.69, 9.17) is 5.11 Å². The smallest absolute Gasteiger partial charge is 0.128 e. The van der Waals surface area contributed by atoms with Crippen LogP contribution in [0, 0.1) is 0 Å². The fourth-order valence-corrected chi connectivity index (χ4v) is 1.23. The van der Waals surface area contributed by atoms with Gasteiger partial charge in [0.1, 0.15) is 11.5 Å². The summed E-state index contributed by atoms with van der Waals surface area (Å²) in [6.07, 6.45) is 0. The van der Waals surface area contributed by atoms with Crippen LogP contribution in [-0.2, 0) is 0 Å². The van der Waals surface area contributed by atoms with Crippen molar-refractivity contribution < 1.29 is 10.2 Å². The van der Waals surface area contributed by atoms with Crippen LogP contribution < -0.4 is 0 Å². The van der Waals surface area contributed by atoms with E-state index in [9.17, 15) is 5.11 Å². The van der Waals surface area contributed by atoms with Gasteiger partial charge in [-0.05, 0) is 19.1 Å². The van der Waals surface area contributed by atoms with E-state index in [-0.39, 0.29) is 11.5 Å². The Morgan fingerprint density at radius 2 is 2.14 bits per heavy atom. The van der Waals surface area contributed by atoms with Crippen molar-refractivity contribution >= 4 is 18.3 Å². The number of benzene rings is 1. The van der Waals surface area contributed by atoms with Crippen molar-refractivity contribution in [1.82, 2.24) is 0 Å². The van der Waals surface area contributed by atoms with Crippen LogP contribution >= 0.6 is 12.6 Å². The molecule has 0 fully saturated rings. The molecule has 0 atom stereocenters. The average molecular weight is 211 g/mol. The summed E-state index contributed by atoms with van der Waals surface area (Å²) < 4.78 is 0. The number of hydrogen-bond donors (Lipinski definition) is 3. The lowest BCUT2D eigenvalue weighted by molar-refractivity contribution is 0.450. The maximum Gasteiger partial charge on any atom is 0.128 e. The van der Waals surface area contributed by atoms with Crippen molar-refractivity contribution in [2.24, 2.45) is 4.99 Å². The minimum Gasteiger partial charge on any atom is -0.508 e. The first kappa shape index (κ1) is 10.9. The van der Waals surface area contributed by atoms with Gasteiger partial charge in [0.25, 0.3) is 0 Å². The third-order valence-corrected chi connectivity index (χ3v) is 2.02. The number of hydrogen-bond acceptors (Lipinski definition) is 4. The fraction of sp³-hybridized carbons (Fsp3) is 0.300. The average Bonchev–Trinajstić information content (AvgIpc) is 2.14. The summed E-state index contributed by atoms with van der Waals surface area (Å²) in [6, 6.07) is 4.46. The normalized spacial score (nSPS) is 11.7. The molecule has 2 N–H and O–H groups in total. The molecule has 0 amide bonds. The third kappa shape index (κ3) is 2.67. The SMILES string of the molecule is CC(=NCCS)c1ccc(O)cc1O. The zero-order valence-corrected chi connectivity index (χ0v) is 8.83. The standard InChI is InChI=1S/C10H13NO2S/c1-7(11-4-5-14)9-3-2-8(12)6-10(9)13/h2-3,6,12-14H,4-5H2,1H3. The number of phenols is 2. The number of aromatic hydroxyl groups is 2. The second-order valence-electron chi connectivity index (χ2n) is 2.89. The van der Waals surface area contributed by atoms with E-state index in [1.165, 1.54) is 12.1 Å². The second kappa shape index (κ2) is 4.91. The summed E-state index contributed by atoms with van der Waals surface area (Å²) in [7, 11) is 0. The Bertz CT molecular complexity index is 350. The third-order valence-electron chi connectivity index (χ3n) is 1.82. The molecule has 0 aliphatic heterocycles. The Hall–Kier alpha value is -1.16. The van der Waals surface area contributed by atoms with Crippen LogP contribution in [0.2, 0.25) is 0 Å². The first-order valence-electron chi connectivity index (χ1n) is 4.29. The van der Waals surface area contributed by atoms with E-state index in [0.29, 0.717) is 17.9 Å². The highest BCUT2D eigenvalue weighted by Gasteiger charge is 2.04. The Kier molecular flexibility index (Phi) is 3.83. The Balaban J connectivity index is 2.95. The van der Waals surface area contributed by atoms with Gasteiger partial charge in [0, 0.05) is 29.6 Å². The molecule has 0 radical (unpaired) electrons. The van der Waals surface area contributed by atoms with Crippen molar-refractivity contribution in [3.8, 4) is 11.5 Å². The van der Waals surface area contributed by atoms with Gasteiger partial charge in [0.2, 0.25) is 0 Å². The van der Waals surface area contributed by atoms with Crippen LogP contribution in [0.4, 0.5) is 0 Å². The summed E-state index contributed by atoms with van der Waals surface area (Å²) in [5, 5.41) is 18.6. The molecule has 0 heterocycles. The van der Waals surface area contributed by atoms with Gasteiger partial charge in [-0.3, -0.25) is 4.99 Å². The van der Waals surface area contributed by atoms with E-state index in [2.05, 4.69) is 17.6 Å². The Morgan fingerprint density at radius 3 is 2.71 bits per heavy atom. The molecule has 3 nitrogen and oxygen atoms in total. The van der Waals surface area contributed by atoms with Gasteiger partial charge >= 0.3 is 0 Å². The molecule has 4 heteroatoms. The van der Waals surface area contributed by atoms with E-state index >= 15 is 0 Å². The molecule has 14 heavy (non-hydrogen) atoms. The molecule has 0 aliphatic rings. The van der Waals surface area contributed by atoms with Gasteiger partial charge in [-0.25, -0.2) is 0 Å². The molecule has 1 aromatic carbocycles. The number of rotatable bonds is 3. The molecule has 76 valence electrons.